The fraction of sp³-hybridized carbons (Fsp3) is 0.160. The van der Waals surface area contributed by atoms with Crippen LogP contribution in [0.25, 0.3) is 0 Å². The van der Waals surface area contributed by atoms with E-state index >= 15 is 0 Å². The van der Waals surface area contributed by atoms with Gasteiger partial charge >= 0.3 is 0 Å². The first-order valence-corrected chi connectivity index (χ1v) is 11.2. The highest BCUT2D eigenvalue weighted by atomic mass is 35.5. The van der Waals surface area contributed by atoms with Gasteiger partial charge in [-0.25, -0.2) is 9.29 Å². The Morgan fingerprint density at radius 3 is 2.36 bits per heavy atom. The normalized spacial score (nSPS) is 15.6. The van der Waals surface area contributed by atoms with Crippen LogP contribution in [-0.4, -0.2) is 34.4 Å². The summed E-state index contributed by atoms with van der Waals surface area (Å²) in [6.07, 6.45) is 0.602. The number of amides is 2. The van der Waals surface area contributed by atoms with Crippen LogP contribution in [0.15, 0.2) is 78.9 Å². The van der Waals surface area contributed by atoms with Crippen molar-refractivity contribution < 1.29 is 14.0 Å². The number of hydrogen-bond donors (Lipinski definition) is 1. The predicted molar refractivity (Wildman–Crippen MR) is 132 cm³/mol. The summed E-state index contributed by atoms with van der Waals surface area (Å²) >= 11 is 11.6. The number of halogens is 2. The molecule has 0 aromatic heterocycles. The molecule has 1 N–H and O–H groups in total. The zero-order valence-electron chi connectivity index (χ0n) is 17.6. The Kier molecular flexibility index (Phi) is 7.01. The number of rotatable bonds is 6. The Hall–Kier alpha value is -3.29. The van der Waals surface area contributed by atoms with Gasteiger partial charge in [-0.3, -0.25) is 9.59 Å². The van der Waals surface area contributed by atoms with E-state index in [4.69, 9.17) is 23.8 Å². The summed E-state index contributed by atoms with van der Waals surface area (Å²) < 4.78 is 13.3. The van der Waals surface area contributed by atoms with Crippen molar-refractivity contribution in [1.82, 2.24) is 4.90 Å². The summed E-state index contributed by atoms with van der Waals surface area (Å²) in [5, 5.41) is 4.00. The zero-order chi connectivity index (χ0) is 23.4. The predicted octanol–water partition coefficient (Wildman–Crippen LogP) is 5.05. The second-order valence-electron chi connectivity index (χ2n) is 7.63. The molecule has 3 aromatic rings. The second-order valence-corrected chi connectivity index (χ2v) is 8.45. The Labute approximate surface area is 201 Å². The molecule has 3 aromatic carbocycles. The van der Waals surface area contributed by atoms with Crippen molar-refractivity contribution in [2.75, 3.05) is 16.8 Å². The number of thiocarbonyl (C=S) groups is 1. The van der Waals surface area contributed by atoms with Gasteiger partial charge < -0.3 is 10.2 Å². The number of para-hydroxylation sites is 1. The van der Waals surface area contributed by atoms with Gasteiger partial charge in [0.2, 0.25) is 5.91 Å². The van der Waals surface area contributed by atoms with E-state index in [0.717, 1.165) is 5.56 Å². The van der Waals surface area contributed by atoms with Crippen LogP contribution in [0.5, 0.6) is 0 Å². The standard InChI is InChI=1S/C25H21ClFN3O2S/c26-18-8-6-17(7-9-18)14-15-29(25(33)28-20-12-10-19(27)11-13-20)22-16-23(31)30(24(22)32)21-4-2-1-3-5-21/h1-13,22H,14-16H2,(H,28,33). The van der Waals surface area contributed by atoms with Crippen LogP contribution in [0.1, 0.15) is 12.0 Å². The Balaban J connectivity index is 1.57. The topological polar surface area (TPSA) is 52.7 Å². The summed E-state index contributed by atoms with van der Waals surface area (Å²) in [6.45, 7) is 0.404. The highest BCUT2D eigenvalue weighted by Crippen LogP contribution is 2.26. The monoisotopic (exact) mass is 481 g/mol. The summed E-state index contributed by atoms with van der Waals surface area (Å²) in [5.74, 6) is -0.969. The molecule has 0 bridgehead atoms. The molecule has 4 rings (SSSR count). The Morgan fingerprint density at radius 2 is 1.70 bits per heavy atom. The molecule has 2 amide bonds. The van der Waals surface area contributed by atoms with Crippen LogP contribution in [0.2, 0.25) is 5.02 Å². The molecular formula is C25H21ClFN3O2S. The summed E-state index contributed by atoms with van der Waals surface area (Å²) in [4.78, 5) is 29.1. The summed E-state index contributed by atoms with van der Waals surface area (Å²) in [6, 6.07) is 21.3. The lowest BCUT2D eigenvalue weighted by atomic mass is 10.1. The lowest BCUT2D eigenvalue weighted by Crippen LogP contribution is -2.48. The molecule has 1 saturated heterocycles. The molecule has 1 atom stereocenters. The van der Waals surface area contributed by atoms with E-state index < -0.39 is 6.04 Å². The molecule has 168 valence electrons. The third-order valence-corrected chi connectivity index (χ3v) is 6.01. The molecule has 1 aliphatic heterocycles. The van der Waals surface area contributed by atoms with E-state index in [9.17, 15) is 14.0 Å². The first kappa shape index (κ1) is 22.9. The fourth-order valence-corrected chi connectivity index (χ4v) is 4.20. The van der Waals surface area contributed by atoms with Crippen molar-refractivity contribution in [3.8, 4) is 0 Å². The average molecular weight is 482 g/mol. The largest absolute Gasteiger partial charge is 0.336 e. The van der Waals surface area contributed by atoms with Crippen LogP contribution in [-0.2, 0) is 16.0 Å². The average Bonchev–Trinajstić information content (AvgIpc) is 3.11. The Bertz CT molecular complexity index is 1160. The molecule has 1 heterocycles. The molecule has 8 heteroatoms. The number of benzene rings is 3. The highest BCUT2D eigenvalue weighted by Gasteiger charge is 2.43. The number of carbonyl (C=O) groups excluding carboxylic acids is 2. The van der Waals surface area contributed by atoms with Gasteiger partial charge in [-0.05, 0) is 72.7 Å². The lowest BCUT2D eigenvalue weighted by molar-refractivity contribution is -0.122. The van der Waals surface area contributed by atoms with E-state index in [-0.39, 0.29) is 29.2 Å². The van der Waals surface area contributed by atoms with E-state index in [1.165, 1.54) is 17.0 Å². The van der Waals surface area contributed by atoms with Crippen molar-refractivity contribution in [3.63, 3.8) is 0 Å². The van der Waals surface area contributed by atoms with E-state index in [1.54, 1.807) is 53.4 Å². The van der Waals surface area contributed by atoms with Crippen molar-refractivity contribution in [2.45, 2.75) is 18.9 Å². The SMILES string of the molecule is O=C1CC(N(CCc2ccc(Cl)cc2)C(=S)Nc2ccc(F)cc2)C(=O)N1c1ccccc1. The molecule has 0 radical (unpaired) electrons. The number of nitrogens with one attached hydrogen (secondary N) is 1. The van der Waals surface area contributed by atoms with E-state index in [1.807, 2.05) is 18.2 Å². The van der Waals surface area contributed by atoms with Gasteiger partial charge in [-0.1, -0.05) is 41.9 Å². The van der Waals surface area contributed by atoms with Crippen LogP contribution in [0.4, 0.5) is 15.8 Å². The van der Waals surface area contributed by atoms with Gasteiger partial charge in [0.15, 0.2) is 5.11 Å². The van der Waals surface area contributed by atoms with Crippen molar-refractivity contribution in [3.05, 3.63) is 95.3 Å². The minimum Gasteiger partial charge on any atom is -0.336 e. The maximum Gasteiger partial charge on any atom is 0.257 e. The molecule has 0 aliphatic carbocycles. The molecule has 33 heavy (non-hydrogen) atoms. The van der Waals surface area contributed by atoms with Crippen molar-refractivity contribution >= 4 is 52.1 Å². The highest BCUT2D eigenvalue weighted by molar-refractivity contribution is 7.80. The minimum atomic E-state index is -0.745. The number of imide groups is 1. The van der Waals surface area contributed by atoms with E-state index in [2.05, 4.69) is 5.32 Å². The van der Waals surface area contributed by atoms with Crippen LogP contribution >= 0.6 is 23.8 Å². The number of nitrogens with zero attached hydrogens (tertiary/aromatic N) is 2. The maximum atomic E-state index is 13.3. The van der Waals surface area contributed by atoms with Gasteiger partial charge in [0.25, 0.3) is 5.91 Å². The van der Waals surface area contributed by atoms with Crippen molar-refractivity contribution in [2.24, 2.45) is 0 Å². The van der Waals surface area contributed by atoms with Gasteiger partial charge in [-0.15, -0.1) is 0 Å². The molecule has 0 spiro atoms. The van der Waals surface area contributed by atoms with Crippen molar-refractivity contribution in [1.29, 1.82) is 0 Å². The molecule has 1 fully saturated rings. The molecular weight excluding hydrogens is 461 g/mol. The van der Waals surface area contributed by atoms with Gasteiger partial charge in [0.05, 0.1) is 12.1 Å². The Morgan fingerprint density at radius 1 is 1.03 bits per heavy atom. The fourth-order valence-electron chi connectivity index (χ4n) is 3.74. The lowest BCUT2D eigenvalue weighted by Gasteiger charge is -2.30. The smallest absolute Gasteiger partial charge is 0.257 e. The molecule has 5 nitrogen and oxygen atoms in total. The van der Waals surface area contributed by atoms with Gasteiger partial charge in [-0.2, -0.15) is 0 Å². The third kappa shape index (κ3) is 5.38. The minimum absolute atomic E-state index is 0.0135. The molecule has 0 saturated carbocycles. The second kappa shape index (κ2) is 10.1. The first-order chi connectivity index (χ1) is 15.9. The maximum absolute atomic E-state index is 13.3. The summed E-state index contributed by atoms with van der Waals surface area (Å²) in [5.41, 5.74) is 2.14. The number of anilines is 2. The number of carbonyl (C=O) groups is 2. The molecule has 1 aliphatic rings. The zero-order valence-corrected chi connectivity index (χ0v) is 19.2. The molecule has 1 unspecified atom stereocenters. The third-order valence-electron chi connectivity index (χ3n) is 5.42. The van der Waals surface area contributed by atoms with Crippen LogP contribution in [0.3, 0.4) is 0 Å². The first-order valence-electron chi connectivity index (χ1n) is 10.4. The van der Waals surface area contributed by atoms with Gasteiger partial charge in [0.1, 0.15) is 11.9 Å². The van der Waals surface area contributed by atoms with Crippen LogP contribution in [0, 0.1) is 5.82 Å². The van der Waals surface area contributed by atoms with E-state index in [0.29, 0.717) is 29.4 Å². The quantitative estimate of drug-likeness (QED) is 0.394. The summed E-state index contributed by atoms with van der Waals surface area (Å²) in [7, 11) is 0. The number of hydrogen-bond acceptors (Lipinski definition) is 3. The van der Waals surface area contributed by atoms with Gasteiger partial charge in [0, 0.05) is 17.3 Å². The van der Waals surface area contributed by atoms with Crippen LogP contribution < -0.4 is 10.2 Å².